The summed E-state index contributed by atoms with van der Waals surface area (Å²) in [6.07, 6.45) is 0. The first-order valence-electron chi connectivity index (χ1n) is 6.15. The maximum Gasteiger partial charge on any atom is 0.152 e. The Balaban J connectivity index is 2.23. The molecule has 96 valence electrons. The first-order valence-corrected chi connectivity index (χ1v) is 6.15. The Labute approximate surface area is 108 Å². The van der Waals surface area contributed by atoms with Crippen molar-refractivity contribution in [2.24, 2.45) is 7.05 Å². The molecule has 0 bridgehead atoms. The van der Waals surface area contributed by atoms with Gasteiger partial charge >= 0.3 is 0 Å². The third-order valence-electron chi connectivity index (χ3n) is 3.11. The normalized spacial score (nSPS) is 10.9. The monoisotopic (exact) mass is 244 g/mol. The molecule has 0 radical (unpaired) electrons. The lowest BCUT2D eigenvalue weighted by Gasteiger charge is -2.10. The van der Waals surface area contributed by atoms with Crippen LogP contribution in [0.25, 0.3) is 0 Å². The molecule has 4 nitrogen and oxygen atoms in total. The Bertz CT molecular complexity index is 538. The topological polar surface area (TPSA) is 55.9 Å². The fourth-order valence-electron chi connectivity index (χ4n) is 1.91. The molecule has 0 saturated heterocycles. The summed E-state index contributed by atoms with van der Waals surface area (Å²) in [5.41, 5.74) is 9.88. The number of anilines is 3. The van der Waals surface area contributed by atoms with Gasteiger partial charge in [-0.25, -0.2) is 0 Å². The van der Waals surface area contributed by atoms with Gasteiger partial charge in [-0.15, -0.1) is 0 Å². The van der Waals surface area contributed by atoms with Gasteiger partial charge in [0.1, 0.15) is 0 Å². The van der Waals surface area contributed by atoms with Crippen LogP contribution in [0.1, 0.15) is 31.0 Å². The zero-order valence-corrected chi connectivity index (χ0v) is 11.4. The van der Waals surface area contributed by atoms with E-state index in [9.17, 15) is 0 Å². The van der Waals surface area contributed by atoms with E-state index in [1.54, 1.807) is 4.68 Å². The number of nitrogens with zero attached hydrogens (tertiary/aromatic N) is 2. The highest BCUT2D eigenvalue weighted by Crippen LogP contribution is 2.26. The largest absolute Gasteiger partial charge is 0.394 e. The van der Waals surface area contributed by atoms with Crippen LogP contribution in [0, 0.1) is 6.92 Å². The maximum atomic E-state index is 5.98. The van der Waals surface area contributed by atoms with Gasteiger partial charge in [0.05, 0.1) is 11.4 Å². The van der Waals surface area contributed by atoms with Gasteiger partial charge in [0.2, 0.25) is 0 Å². The third kappa shape index (κ3) is 2.32. The van der Waals surface area contributed by atoms with E-state index in [0.29, 0.717) is 11.6 Å². The van der Waals surface area contributed by atoms with E-state index in [2.05, 4.69) is 48.5 Å². The highest BCUT2D eigenvalue weighted by molar-refractivity contribution is 5.71. The quantitative estimate of drug-likeness (QED) is 0.872. The van der Waals surface area contributed by atoms with E-state index in [4.69, 9.17) is 5.73 Å². The second-order valence-corrected chi connectivity index (χ2v) is 4.87. The molecule has 0 fully saturated rings. The zero-order valence-electron chi connectivity index (χ0n) is 11.4. The van der Waals surface area contributed by atoms with Gasteiger partial charge < -0.3 is 11.1 Å². The molecule has 0 aliphatic carbocycles. The molecule has 0 aliphatic heterocycles. The molecule has 1 aromatic heterocycles. The number of aryl methyl sites for hydroxylation is 2. The highest BCUT2D eigenvalue weighted by Gasteiger charge is 2.09. The molecular formula is C14H20N4. The van der Waals surface area contributed by atoms with Crippen molar-refractivity contribution in [3.8, 4) is 0 Å². The fraction of sp³-hybridized carbons (Fsp3) is 0.357. The number of nitrogens with two attached hydrogens (primary N) is 1. The molecule has 18 heavy (non-hydrogen) atoms. The summed E-state index contributed by atoms with van der Waals surface area (Å²) in [6.45, 7) is 6.28. The average molecular weight is 244 g/mol. The van der Waals surface area contributed by atoms with Gasteiger partial charge in [0.15, 0.2) is 5.82 Å². The van der Waals surface area contributed by atoms with E-state index >= 15 is 0 Å². The standard InChI is InChI=1S/C14H20N4/c1-9(2)11-5-7-12(8-6-11)16-14-13(15)10(3)17-18(14)4/h5-9,16H,15H2,1-4H3. The van der Waals surface area contributed by atoms with Gasteiger partial charge in [-0.2, -0.15) is 5.10 Å². The summed E-state index contributed by atoms with van der Waals surface area (Å²) >= 11 is 0. The summed E-state index contributed by atoms with van der Waals surface area (Å²) < 4.78 is 1.76. The number of benzene rings is 1. The predicted octanol–water partition coefficient (Wildman–Crippen LogP) is 3.18. The van der Waals surface area contributed by atoms with Crippen LogP contribution >= 0.6 is 0 Å². The number of aromatic nitrogens is 2. The SMILES string of the molecule is Cc1nn(C)c(Nc2ccc(C(C)C)cc2)c1N. The van der Waals surface area contributed by atoms with Crippen LogP contribution in [0.15, 0.2) is 24.3 Å². The van der Waals surface area contributed by atoms with Crippen LogP contribution in [0.4, 0.5) is 17.2 Å². The zero-order chi connectivity index (χ0) is 13.3. The average Bonchev–Trinajstić information content (AvgIpc) is 2.57. The van der Waals surface area contributed by atoms with Gasteiger partial charge in [0.25, 0.3) is 0 Å². The van der Waals surface area contributed by atoms with Crippen molar-refractivity contribution in [1.29, 1.82) is 0 Å². The van der Waals surface area contributed by atoms with Crippen molar-refractivity contribution in [3.63, 3.8) is 0 Å². The molecule has 2 aromatic rings. The first-order chi connectivity index (χ1) is 8.49. The number of hydrogen-bond donors (Lipinski definition) is 2. The highest BCUT2D eigenvalue weighted by atomic mass is 15.3. The van der Waals surface area contributed by atoms with Crippen molar-refractivity contribution in [2.45, 2.75) is 26.7 Å². The summed E-state index contributed by atoms with van der Waals surface area (Å²) in [5.74, 6) is 1.38. The Morgan fingerprint density at radius 3 is 2.28 bits per heavy atom. The van der Waals surface area contributed by atoms with Crippen molar-refractivity contribution in [1.82, 2.24) is 9.78 Å². The van der Waals surface area contributed by atoms with Crippen LogP contribution in [0.3, 0.4) is 0 Å². The Hall–Kier alpha value is -1.97. The van der Waals surface area contributed by atoms with E-state index in [1.807, 2.05) is 14.0 Å². The second kappa shape index (κ2) is 4.72. The van der Waals surface area contributed by atoms with E-state index < -0.39 is 0 Å². The van der Waals surface area contributed by atoms with Crippen LogP contribution in [0.5, 0.6) is 0 Å². The lowest BCUT2D eigenvalue weighted by Crippen LogP contribution is -2.01. The van der Waals surface area contributed by atoms with Crippen molar-refractivity contribution >= 4 is 17.2 Å². The summed E-state index contributed by atoms with van der Waals surface area (Å²) in [5, 5.41) is 7.58. The predicted molar refractivity (Wildman–Crippen MR) is 76.2 cm³/mol. The third-order valence-corrected chi connectivity index (χ3v) is 3.11. The van der Waals surface area contributed by atoms with Gasteiger partial charge in [-0.3, -0.25) is 4.68 Å². The Morgan fingerprint density at radius 1 is 1.22 bits per heavy atom. The van der Waals surface area contributed by atoms with Crippen LogP contribution in [-0.2, 0) is 7.05 Å². The molecule has 0 spiro atoms. The lowest BCUT2D eigenvalue weighted by atomic mass is 10.0. The molecule has 4 heteroatoms. The van der Waals surface area contributed by atoms with Crippen LogP contribution in [0.2, 0.25) is 0 Å². The number of hydrogen-bond acceptors (Lipinski definition) is 3. The molecule has 2 rings (SSSR count). The van der Waals surface area contributed by atoms with Gasteiger partial charge in [-0.05, 0) is 30.5 Å². The maximum absolute atomic E-state index is 5.98. The van der Waals surface area contributed by atoms with Crippen molar-refractivity contribution in [2.75, 3.05) is 11.1 Å². The number of rotatable bonds is 3. The summed E-state index contributed by atoms with van der Waals surface area (Å²) in [6, 6.07) is 8.40. The van der Waals surface area contributed by atoms with Crippen molar-refractivity contribution in [3.05, 3.63) is 35.5 Å². The smallest absolute Gasteiger partial charge is 0.152 e. The molecule has 3 N–H and O–H groups in total. The Kier molecular flexibility index (Phi) is 3.28. The molecule has 0 atom stereocenters. The molecule has 0 saturated carbocycles. The van der Waals surface area contributed by atoms with E-state index in [-0.39, 0.29) is 0 Å². The minimum atomic E-state index is 0.545. The van der Waals surface area contributed by atoms with E-state index in [1.165, 1.54) is 5.56 Å². The lowest BCUT2D eigenvalue weighted by molar-refractivity contribution is 0.765. The van der Waals surface area contributed by atoms with Crippen LogP contribution < -0.4 is 11.1 Å². The molecule has 1 heterocycles. The minimum Gasteiger partial charge on any atom is -0.394 e. The molecule has 1 aromatic carbocycles. The molecule has 0 aliphatic rings. The summed E-state index contributed by atoms with van der Waals surface area (Å²) in [4.78, 5) is 0. The second-order valence-electron chi connectivity index (χ2n) is 4.87. The van der Waals surface area contributed by atoms with Gasteiger partial charge in [0, 0.05) is 12.7 Å². The number of nitrogen functional groups attached to an aromatic ring is 1. The van der Waals surface area contributed by atoms with Crippen LogP contribution in [-0.4, -0.2) is 9.78 Å². The first kappa shape index (κ1) is 12.5. The fourth-order valence-corrected chi connectivity index (χ4v) is 1.91. The summed E-state index contributed by atoms with van der Waals surface area (Å²) in [7, 11) is 1.88. The molecule has 0 unspecified atom stereocenters. The number of nitrogens with one attached hydrogen (secondary N) is 1. The van der Waals surface area contributed by atoms with E-state index in [0.717, 1.165) is 17.2 Å². The Morgan fingerprint density at radius 2 is 1.83 bits per heavy atom. The van der Waals surface area contributed by atoms with Crippen molar-refractivity contribution < 1.29 is 0 Å². The van der Waals surface area contributed by atoms with Gasteiger partial charge in [-0.1, -0.05) is 26.0 Å². The minimum absolute atomic E-state index is 0.545. The molecule has 0 amide bonds. The molecular weight excluding hydrogens is 224 g/mol.